The number of benzene rings is 3. The van der Waals surface area contributed by atoms with Crippen LogP contribution < -0.4 is 9.47 Å². The minimum Gasteiger partial charge on any atom is -0.508 e. The summed E-state index contributed by atoms with van der Waals surface area (Å²) in [4.78, 5) is 22.7. The molecule has 0 saturated heterocycles. The largest absolute Gasteiger partial charge is 0.513 e. The summed E-state index contributed by atoms with van der Waals surface area (Å²) in [7, 11) is 2.48. The fourth-order valence-corrected chi connectivity index (χ4v) is 3.28. The van der Waals surface area contributed by atoms with Gasteiger partial charge in [0.05, 0.1) is 14.2 Å². The topological polar surface area (TPSA) is 91.3 Å². The number of carbonyl (C=O) groups excluding carboxylic acids is 2. The third-order valence-corrected chi connectivity index (χ3v) is 5.04. The lowest BCUT2D eigenvalue weighted by atomic mass is 9.71. The minimum absolute atomic E-state index is 0.162. The van der Waals surface area contributed by atoms with Crippen LogP contribution in [0.5, 0.6) is 17.2 Å². The zero-order valence-corrected chi connectivity index (χ0v) is 17.3. The number of ether oxygens (including phenoxy) is 4. The molecule has 7 nitrogen and oxygen atoms in total. The van der Waals surface area contributed by atoms with Crippen molar-refractivity contribution in [2.24, 2.45) is 0 Å². The lowest BCUT2D eigenvalue weighted by molar-refractivity contribution is 0.120. The van der Waals surface area contributed by atoms with E-state index in [0.717, 1.165) is 16.7 Å². The Balaban J connectivity index is 2.03. The van der Waals surface area contributed by atoms with Gasteiger partial charge in [-0.3, -0.25) is 0 Å². The van der Waals surface area contributed by atoms with E-state index in [0.29, 0.717) is 11.5 Å². The number of rotatable bonds is 5. The average molecular weight is 422 g/mol. The zero-order valence-electron chi connectivity index (χ0n) is 17.3. The normalized spacial score (nSPS) is 10.8. The molecule has 31 heavy (non-hydrogen) atoms. The number of phenols is 1. The molecule has 0 aliphatic carbocycles. The van der Waals surface area contributed by atoms with Gasteiger partial charge in [0.1, 0.15) is 17.2 Å². The lowest BCUT2D eigenvalue weighted by Crippen LogP contribution is -2.25. The Bertz CT molecular complexity index is 977. The SMILES string of the molecule is COC(=O)Oc1ccc(C(C)(c2ccc(O)cc2)c2ccc(OC(=O)OC)cc2)cc1. The van der Waals surface area contributed by atoms with Crippen LogP contribution in [0.2, 0.25) is 0 Å². The first-order valence-corrected chi connectivity index (χ1v) is 9.39. The molecule has 3 aromatic carbocycles. The zero-order chi connectivity index (χ0) is 22.4. The van der Waals surface area contributed by atoms with Crippen LogP contribution in [-0.2, 0) is 14.9 Å². The summed E-state index contributed by atoms with van der Waals surface area (Å²) in [5.41, 5.74) is 2.13. The van der Waals surface area contributed by atoms with Crippen LogP contribution >= 0.6 is 0 Å². The Labute approximate surface area is 179 Å². The average Bonchev–Trinajstić information content (AvgIpc) is 2.79. The predicted octanol–water partition coefficient (Wildman–Crippen LogP) is 5.04. The highest BCUT2D eigenvalue weighted by molar-refractivity contribution is 5.64. The highest BCUT2D eigenvalue weighted by Crippen LogP contribution is 2.40. The summed E-state index contributed by atoms with van der Waals surface area (Å²) in [6.07, 6.45) is -1.59. The number of hydrogen-bond donors (Lipinski definition) is 1. The van der Waals surface area contributed by atoms with E-state index < -0.39 is 17.7 Å². The second-order valence-corrected chi connectivity index (χ2v) is 6.83. The quantitative estimate of drug-likeness (QED) is 0.350. The highest BCUT2D eigenvalue weighted by Gasteiger charge is 2.31. The van der Waals surface area contributed by atoms with Crippen molar-refractivity contribution in [3.8, 4) is 17.2 Å². The van der Waals surface area contributed by atoms with Gasteiger partial charge in [-0.15, -0.1) is 0 Å². The van der Waals surface area contributed by atoms with Gasteiger partial charge in [0.25, 0.3) is 0 Å². The van der Waals surface area contributed by atoms with Crippen LogP contribution in [0.4, 0.5) is 9.59 Å². The van der Waals surface area contributed by atoms with Gasteiger partial charge < -0.3 is 24.1 Å². The molecule has 0 radical (unpaired) electrons. The van der Waals surface area contributed by atoms with Crippen molar-refractivity contribution in [3.05, 3.63) is 89.5 Å². The Hall–Kier alpha value is -4.00. The molecule has 0 saturated carbocycles. The van der Waals surface area contributed by atoms with E-state index in [1.54, 1.807) is 36.4 Å². The summed E-state index contributed by atoms with van der Waals surface area (Å²) in [5, 5.41) is 9.73. The van der Waals surface area contributed by atoms with E-state index in [1.165, 1.54) is 14.2 Å². The molecular weight excluding hydrogens is 400 g/mol. The maximum Gasteiger partial charge on any atom is 0.513 e. The van der Waals surface area contributed by atoms with Crippen LogP contribution in [0, 0.1) is 0 Å². The molecule has 0 aromatic heterocycles. The Morgan fingerprint density at radius 3 is 1.29 bits per heavy atom. The molecule has 1 N–H and O–H groups in total. The monoisotopic (exact) mass is 422 g/mol. The number of phenolic OH excluding ortho intramolecular Hbond substituents is 1. The fraction of sp³-hybridized carbons (Fsp3) is 0.167. The van der Waals surface area contributed by atoms with Gasteiger partial charge in [-0.05, 0) is 60.0 Å². The molecule has 0 aliphatic rings. The van der Waals surface area contributed by atoms with Gasteiger partial charge in [-0.2, -0.15) is 0 Å². The molecule has 7 heteroatoms. The van der Waals surface area contributed by atoms with Crippen molar-refractivity contribution in [1.29, 1.82) is 0 Å². The molecule has 0 atom stereocenters. The van der Waals surface area contributed by atoms with E-state index in [-0.39, 0.29) is 5.75 Å². The maximum atomic E-state index is 11.4. The van der Waals surface area contributed by atoms with Crippen molar-refractivity contribution in [3.63, 3.8) is 0 Å². The molecule has 3 rings (SSSR count). The Morgan fingerprint density at radius 1 is 0.645 bits per heavy atom. The fourth-order valence-electron chi connectivity index (χ4n) is 3.28. The maximum absolute atomic E-state index is 11.4. The molecule has 0 unspecified atom stereocenters. The molecule has 0 heterocycles. The van der Waals surface area contributed by atoms with Crippen molar-refractivity contribution >= 4 is 12.3 Å². The van der Waals surface area contributed by atoms with Crippen LogP contribution in [0.15, 0.2) is 72.8 Å². The van der Waals surface area contributed by atoms with Gasteiger partial charge in [0.2, 0.25) is 0 Å². The second kappa shape index (κ2) is 9.21. The van der Waals surface area contributed by atoms with E-state index in [9.17, 15) is 14.7 Å². The summed E-state index contributed by atoms with van der Waals surface area (Å²) >= 11 is 0. The summed E-state index contributed by atoms with van der Waals surface area (Å²) in [6, 6.07) is 21.1. The van der Waals surface area contributed by atoms with Crippen molar-refractivity contribution in [2.45, 2.75) is 12.3 Å². The number of aromatic hydroxyl groups is 1. The van der Waals surface area contributed by atoms with E-state index in [4.69, 9.17) is 9.47 Å². The van der Waals surface area contributed by atoms with Crippen LogP contribution in [-0.4, -0.2) is 31.6 Å². The molecule has 0 fully saturated rings. The molecule has 0 amide bonds. The third-order valence-electron chi connectivity index (χ3n) is 5.04. The van der Waals surface area contributed by atoms with Crippen molar-refractivity contribution < 1.29 is 33.6 Å². The number of hydrogen-bond acceptors (Lipinski definition) is 7. The predicted molar refractivity (Wildman–Crippen MR) is 113 cm³/mol. The Kier molecular flexibility index (Phi) is 6.45. The molecule has 0 spiro atoms. The van der Waals surface area contributed by atoms with Gasteiger partial charge in [0, 0.05) is 5.41 Å². The number of carbonyl (C=O) groups is 2. The van der Waals surface area contributed by atoms with Crippen molar-refractivity contribution in [1.82, 2.24) is 0 Å². The molecular formula is C24H22O7. The van der Waals surface area contributed by atoms with E-state index in [2.05, 4.69) is 9.47 Å². The molecule has 160 valence electrons. The standard InChI is InChI=1S/C24H22O7/c1-24(16-4-10-19(25)11-5-16,17-6-12-20(13-7-17)30-22(26)28-2)18-8-14-21(15-9-18)31-23(27)29-3/h4-15,25H,1-3H3. The summed E-state index contributed by atoms with van der Waals surface area (Å²) in [5.74, 6) is 0.866. The first kappa shape index (κ1) is 21.7. The van der Waals surface area contributed by atoms with Crippen LogP contribution in [0.3, 0.4) is 0 Å². The van der Waals surface area contributed by atoms with Gasteiger partial charge in [-0.1, -0.05) is 36.4 Å². The smallest absolute Gasteiger partial charge is 0.508 e. The van der Waals surface area contributed by atoms with Gasteiger partial charge >= 0.3 is 12.3 Å². The summed E-state index contributed by atoms with van der Waals surface area (Å²) in [6.45, 7) is 2.03. The van der Waals surface area contributed by atoms with E-state index >= 15 is 0 Å². The molecule has 3 aromatic rings. The molecule has 0 bridgehead atoms. The highest BCUT2D eigenvalue weighted by atomic mass is 16.7. The first-order valence-electron chi connectivity index (χ1n) is 9.39. The van der Waals surface area contributed by atoms with Crippen LogP contribution in [0.25, 0.3) is 0 Å². The minimum atomic E-state index is -0.796. The third kappa shape index (κ3) is 4.78. The van der Waals surface area contributed by atoms with Crippen molar-refractivity contribution in [2.75, 3.05) is 14.2 Å². The number of methoxy groups -OCH3 is 2. The van der Waals surface area contributed by atoms with E-state index in [1.807, 2.05) is 43.3 Å². The first-order chi connectivity index (χ1) is 14.9. The van der Waals surface area contributed by atoms with Crippen LogP contribution in [0.1, 0.15) is 23.6 Å². The second-order valence-electron chi connectivity index (χ2n) is 6.83. The lowest BCUT2D eigenvalue weighted by Gasteiger charge is -2.32. The molecule has 0 aliphatic heterocycles. The van der Waals surface area contributed by atoms with Gasteiger partial charge in [0.15, 0.2) is 0 Å². The van der Waals surface area contributed by atoms with Gasteiger partial charge in [-0.25, -0.2) is 9.59 Å². The Morgan fingerprint density at radius 2 is 0.968 bits per heavy atom. The summed E-state index contributed by atoms with van der Waals surface area (Å²) < 4.78 is 19.2.